The maximum atomic E-state index is 12.4. The van der Waals surface area contributed by atoms with E-state index < -0.39 is 4.92 Å². The average molecular weight is 393 g/mol. The van der Waals surface area contributed by atoms with Crippen LogP contribution in [0.5, 0.6) is 0 Å². The molecule has 0 unspecified atom stereocenters. The van der Waals surface area contributed by atoms with Crippen molar-refractivity contribution in [3.63, 3.8) is 0 Å². The quantitative estimate of drug-likeness (QED) is 0.521. The number of hydrogen-bond donors (Lipinski definition) is 1. The number of nitro groups is 1. The first-order valence-electron chi connectivity index (χ1n) is 9.06. The van der Waals surface area contributed by atoms with E-state index in [2.05, 4.69) is 20.4 Å². The smallest absolute Gasteiger partial charge is 0.269 e. The van der Waals surface area contributed by atoms with E-state index in [4.69, 9.17) is 0 Å². The topological polar surface area (TPSA) is 119 Å². The second-order valence-corrected chi connectivity index (χ2v) is 6.97. The zero-order chi connectivity index (χ0) is 20.5. The van der Waals surface area contributed by atoms with Gasteiger partial charge in [0.15, 0.2) is 5.82 Å². The molecule has 148 valence electrons. The Hall–Kier alpha value is -3.82. The molecule has 29 heavy (non-hydrogen) atoms. The average Bonchev–Trinajstić information content (AvgIpc) is 2.99. The Bertz CT molecular complexity index is 1070. The van der Waals surface area contributed by atoms with Crippen molar-refractivity contribution < 1.29 is 9.72 Å². The van der Waals surface area contributed by atoms with Gasteiger partial charge in [0.2, 0.25) is 5.91 Å². The minimum absolute atomic E-state index is 0.0139. The van der Waals surface area contributed by atoms with E-state index in [0.717, 1.165) is 17.2 Å². The van der Waals surface area contributed by atoms with Crippen LogP contribution in [-0.4, -0.2) is 43.7 Å². The van der Waals surface area contributed by atoms with Crippen LogP contribution < -0.4 is 10.2 Å². The summed E-state index contributed by atoms with van der Waals surface area (Å²) in [7, 11) is 0. The second-order valence-electron chi connectivity index (χ2n) is 6.97. The van der Waals surface area contributed by atoms with E-state index in [1.165, 1.54) is 30.6 Å². The van der Waals surface area contributed by atoms with Gasteiger partial charge in [-0.3, -0.25) is 14.9 Å². The fraction of sp³-hybridized carbons (Fsp3) is 0.263. The minimum atomic E-state index is -0.475. The Kier molecular flexibility index (Phi) is 4.67. The number of nitro benzene ring substituents is 1. The summed E-state index contributed by atoms with van der Waals surface area (Å²) in [6.45, 7) is 4.96. The Morgan fingerprint density at radius 3 is 2.45 bits per heavy atom. The van der Waals surface area contributed by atoms with E-state index in [1.54, 1.807) is 4.68 Å². The molecule has 0 radical (unpaired) electrons. The van der Waals surface area contributed by atoms with Crippen LogP contribution in [0.25, 0.3) is 5.82 Å². The molecule has 1 aromatic carbocycles. The zero-order valence-electron chi connectivity index (χ0n) is 15.9. The highest BCUT2D eigenvalue weighted by Gasteiger charge is 2.33. The summed E-state index contributed by atoms with van der Waals surface area (Å²) in [5.74, 6) is 1.11. The van der Waals surface area contributed by atoms with Crippen molar-refractivity contribution in [2.45, 2.75) is 13.8 Å². The van der Waals surface area contributed by atoms with E-state index in [-0.39, 0.29) is 17.5 Å². The third-order valence-electron chi connectivity index (χ3n) is 4.79. The molecular formula is C19H19N7O3. The van der Waals surface area contributed by atoms with Gasteiger partial charge in [-0.25, -0.2) is 14.6 Å². The van der Waals surface area contributed by atoms with E-state index in [1.807, 2.05) is 30.9 Å². The first-order chi connectivity index (χ1) is 13.9. The van der Waals surface area contributed by atoms with E-state index >= 15 is 0 Å². The normalized spacial score (nSPS) is 13.8. The summed E-state index contributed by atoms with van der Waals surface area (Å²) in [6, 6.07) is 9.61. The number of amides is 1. The molecule has 1 amide bonds. The van der Waals surface area contributed by atoms with Gasteiger partial charge in [-0.1, -0.05) is 0 Å². The minimum Gasteiger partial charge on any atom is -0.355 e. The summed E-state index contributed by atoms with van der Waals surface area (Å²) in [5.41, 5.74) is 2.42. The highest BCUT2D eigenvalue weighted by atomic mass is 16.6. The SMILES string of the molecule is Cc1cc(C)n(-c2cc(N3CC(C(=O)Nc4ccc([N+](=O)[O-])cc4)C3)ncn2)n1. The van der Waals surface area contributed by atoms with Gasteiger partial charge in [-0.15, -0.1) is 0 Å². The lowest BCUT2D eigenvalue weighted by Gasteiger charge is -2.39. The molecule has 1 saturated heterocycles. The Balaban J connectivity index is 1.38. The van der Waals surface area contributed by atoms with Crippen molar-refractivity contribution in [3.05, 3.63) is 64.2 Å². The number of non-ortho nitro benzene ring substituents is 1. The lowest BCUT2D eigenvalue weighted by atomic mass is 9.99. The third kappa shape index (κ3) is 3.77. The maximum Gasteiger partial charge on any atom is 0.269 e. The van der Waals surface area contributed by atoms with Crippen LogP contribution in [0, 0.1) is 29.9 Å². The van der Waals surface area contributed by atoms with Gasteiger partial charge in [-0.05, 0) is 32.0 Å². The van der Waals surface area contributed by atoms with Crippen LogP contribution in [0.3, 0.4) is 0 Å². The van der Waals surface area contributed by atoms with Crippen LogP contribution in [0.1, 0.15) is 11.4 Å². The van der Waals surface area contributed by atoms with Crippen molar-refractivity contribution in [2.75, 3.05) is 23.3 Å². The van der Waals surface area contributed by atoms with Crippen molar-refractivity contribution in [2.24, 2.45) is 5.92 Å². The molecule has 10 heteroatoms. The molecule has 3 heterocycles. The van der Waals surface area contributed by atoms with Crippen molar-refractivity contribution in [1.29, 1.82) is 0 Å². The molecule has 0 aliphatic carbocycles. The van der Waals surface area contributed by atoms with Crippen LogP contribution >= 0.6 is 0 Å². The number of carbonyl (C=O) groups is 1. The number of nitrogens with zero attached hydrogens (tertiary/aromatic N) is 6. The van der Waals surface area contributed by atoms with Gasteiger partial charge in [0, 0.05) is 42.7 Å². The molecule has 1 fully saturated rings. The molecule has 2 aromatic heterocycles. The molecule has 0 atom stereocenters. The van der Waals surface area contributed by atoms with E-state index in [9.17, 15) is 14.9 Å². The first kappa shape index (κ1) is 18.5. The van der Waals surface area contributed by atoms with Crippen LogP contribution in [0.2, 0.25) is 0 Å². The third-order valence-corrected chi connectivity index (χ3v) is 4.79. The fourth-order valence-corrected chi connectivity index (χ4v) is 3.23. The monoisotopic (exact) mass is 393 g/mol. The number of nitrogens with one attached hydrogen (secondary N) is 1. The fourth-order valence-electron chi connectivity index (χ4n) is 3.23. The molecule has 10 nitrogen and oxygen atoms in total. The summed E-state index contributed by atoms with van der Waals surface area (Å²) < 4.78 is 1.76. The van der Waals surface area contributed by atoms with Crippen molar-refractivity contribution >= 4 is 23.1 Å². The van der Waals surface area contributed by atoms with Crippen molar-refractivity contribution in [3.8, 4) is 5.82 Å². The van der Waals surface area contributed by atoms with Crippen LogP contribution in [0.4, 0.5) is 17.2 Å². The summed E-state index contributed by atoms with van der Waals surface area (Å²) in [4.78, 5) is 33.2. The summed E-state index contributed by atoms with van der Waals surface area (Å²) in [5, 5.41) is 17.9. The van der Waals surface area contributed by atoms with Gasteiger partial charge in [-0.2, -0.15) is 5.10 Å². The number of rotatable bonds is 5. The van der Waals surface area contributed by atoms with Gasteiger partial charge in [0.1, 0.15) is 12.1 Å². The van der Waals surface area contributed by atoms with Crippen molar-refractivity contribution in [1.82, 2.24) is 19.7 Å². The molecule has 0 bridgehead atoms. The molecule has 4 rings (SSSR count). The van der Waals surface area contributed by atoms with Gasteiger partial charge < -0.3 is 10.2 Å². The zero-order valence-corrected chi connectivity index (χ0v) is 15.9. The molecular weight excluding hydrogens is 374 g/mol. The highest BCUT2D eigenvalue weighted by Crippen LogP contribution is 2.25. The Morgan fingerprint density at radius 2 is 1.83 bits per heavy atom. The highest BCUT2D eigenvalue weighted by molar-refractivity contribution is 5.94. The summed E-state index contributed by atoms with van der Waals surface area (Å²) in [6.07, 6.45) is 1.49. The Labute approximate surface area is 166 Å². The lowest BCUT2D eigenvalue weighted by molar-refractivity contribution is -0.384. The predicted molar refractivity (Wildman–Crippen MR) is 106 cm³/mol. The lowest BCUT2D eigenvalue weighted by Crippen LogP contribution is -2.52. The molecule has 1 N–H and O–H groups in total. The number of hydrogen-bond acceptors (Lipinski definition) is 7. The van der Waals surface area contributed by atoms with Gasteiger partial charge in [0.25, 0.3) is 5.69 Å². The van der Waals surface area contributed by atoms with E-state index in [0.29, 0.717) is 24.6 Å². The maximum absolute atomic E-state index is 12.4. The van der Waals surface area contributed by atoms with Crippen LogP contribution in [0.15, 0.2) is 42.7 Å². The largest absolute Gasteiger partial charge is 0.355 e. The number of anilines is 2. The summed E-state index contributed by atoms with van der Waals surface area (Å²) >= 11 is 0. The van der Waals surface area contributed by atoms with Gasteiger partial charge >= 0.3 is 0 Å². The van der Waals surface area contributed by atoms with Gasteiger partial charge in [0.05, 0.1) is 16.5 Å². The second kappa shape index (κ2) is 7.30. The number of aryl methyl sites for hydroxylation is 2. The Morgan fingerprint density at radius 1 is 1.14 bits per heavy atom. The molecule has 1 aliphatic rings. The molecule has 1 aliphatic heterocycles. The number of benzene rings is 1. The molecule has 0 spiro atoms. The predicted octanol–water partition coefficient (Wildman–Crippen LogP) is 2.26. The van der Waals surface area contributed by atoms with Crippen LogP contribution in [-0.2, 0) is 4.79 Å². The molecule has 3 aromatic rings. The number of aromatic nitrogens is 4. The number of carbonyl (C=O) groups excluding carboxylic acids is 1. The standard InChI is InChI=1S/C19H19N7O3/c1-12-7-13(2)25(23-12)18-8-17(20-11-21-18)24-9-14(10-24)19(27)22-15-3-5-16(6-4-15)26(28)29/h3-8,11,14H,9-10H2,1-2H3,(H,22,27). The molecule has 0 saturated carbocycles. The first-order valence-corrected chi connectivity index (χ1v) is 9.06.